The van der Waals surface area contributed by atoms with Crippen LogP contribution in [0.3, 0.4) is 0 Å². The van der Waals surface area contributed by atoms with E-state index < -0.39 is 26.8 Å². The number of nitrogens with zero attached hydrogens (tertiary/aromatic N) is 1. The van der Waals surface area contributed by atoms with Crippen LogP contribution in [-0.4, -0.2) is 27.7 Å². The number of H-pyrrole nitrogens is 1. The number of imidazole rings is 1. The van der Waals surface area contributed by atoms with E-state index in [1.807, 2.05) is 4.98 Å². The van der Waals surface area contributed by atoms with Gasteiger partial charge < -0.3 is 5.11 Å². The SMILES string of the molecule is O=c1[nH]c(O)cn1S(=O)(=O)C1CCCCC1. The summed E-state index contributed by atoms with van der Waals surface area (Å²) in [5, 5.41) is 8.55. The minimum Gasteiger partial charge on any atom is -0.493 e. The van der Waals surface area contributed by atoms with Crippen molar-refractivity contribution < 1.29 is 13.5 Å². The van der Waals surface area contributed by atoms with Gasteiger partial charge in [0, 0.05) is 0 Å². The second-order valence-corrected chi connectivity index (χ2v) is 6.14. The van der Waals surface area contributed by atoms with Crippen molar-refractivity contribution in [1.82, 2.24) is 8.96 Å². The van der Waals surface area contributed by atoms with Crippen LogP contribution >= 0.6 is 0 Å². The summed E-state index contributed by atoms with van der Waals surface area (Å²) < 4.78 is 24.7. The van der Waals surface area contributed by atoms with Crippen molar-refractivity contribution in [1.29, 1.82) is 0 Å². The molecule has 6 nitrogen and oxygen atoms in total. The van der Waals surface area contributed by atoms with Gasteiger partial charge in [-0.25, -0.2) is 13.2 Å². The van der Waals surface area contributed by atoms with E-state index in [9.17, 15) is 13.2 Å². The molecule has 0 spiro atoms. The topological polar surface area (TPSA) is 92.2 Å². The molecule has 1 heterocycles. The monoisotopic (exact) mass is 246 g/mol. The molecule has 1 aliphatic rings. The van der Waals surface area contributed by atoms with E-state index in [1.165, 1.54) is 0 Å². The first-order valence-electron chi connectivity index (χ1n) is 5.27. The minimum atomic E-state index is -3.66. The van der Waals surface area contributed by atoms with Crippen molar-refractivity contribution in [3.05, 3.63) is 16.7 Å². The summed E-state index contributed by atoms with van der Waals surface area (Å²) in [6, 6.07) is 0. The van der Waals surface area contributed by atoms with Gasteiger partial charge in [-0.1, -0.05) is 19.3 Å². The average Bonchev–Trinajstić information content (AvgIpc) is 2.60. The second-order valence-electron chi connectivity index (χ2n) is 4.05. The summed E-state index contributed by atoms with van der Waals surface area (Å²) in [5.74, 6) is -0.426. The molecule has 1 aromatic heterocycles. The van der Waals surface area contributed by atoms with Gasteiger partial charge in [0.15, 0.2) is 0 Å². The maximum Gasteiger partial charge on any atom is 0.342 e. The van der Waals surface area contributed by atoms with E-state index in [-0.39, 0.29) is 0 Å². The van der Waals surface area contributed by atoms with Gasteiger partial charge in [0.05, 0.1) is 11.4 Å². The minimum absolute atomic E-state index is 0.426. The van der Waals surface area contributed by atoms with Gasteiger partial charge >= 0.3 is 5.69 Å². The molecule has 7 heteroatoms. The quantitative estimate of drug-likeness (QED) is 0.789. The van der Waals surface area contributed by atoms with Gasteiger partial charge in [0.1, 0.15) is 0 Å². The smallest absolute Gasteiger partial charge is 0.342 e. The van der Waals surface area contributed by atoms with Crippen molar-refractivity contribution in [2.75, 3.05) is 0 Å². The summed E-state index contributed by atoms with van der Waals surface area (Å²) >= 11 is 0. The summed E-state index contributed by atoms with van der Waals surface area (Å²) in [6.45, 7) is 0. The lowest BCUT2D eigenvalue weighted by atomic mass is 10.0. The maximum absolute atomic E-state index is 12.1. The third-order valence-electron chi connectivity index (χ3n) is 2.92. The zero-order valence-electron chi connectivity index (χ0n) is 8.72. The fourth-order valence-corrected chi connectivity index (χ4v) is 3.85. The Morgan fingerprint density at radius 3 is 2.44 bits per heavy atom. The first kappa shape index (κ1) is 11.3. The third-order valence-corrected chi connectivity index (χ3v) is 5.06. The highest BCUT2D eigenvalue weighted by atomic mass is 32.2. The Morgan fingerprint density at radius 1 is 1.31 bits per heavy atom. The van der Waals surface area contributed by atoms with E-state index in [0.29, 0.717) is 16.8 Å². The molecule has 0 amide bonds. The first-order chi connectivity index (χ1) is 7.51. The Labute approximate surface area is 93.0 Å². The third kappa shape index (κ3) is 1.87. The van der Waals surface area contributed by atoms with Gasteiger partial charge in [-0.3, -0.25) is 4.98 Å². The zero-order valence-corrected chi connectivity index (χ0v) is 9.53. The molecule has 1 saturated carbocycles. The summed E-state index contributed by atoms with van der Waals surface area (Å²) in [5.41, 5.74) is -0.803. The van der Waals surface area contributed by atoms with Gasteiger partial charge in [-0.05, 0) is 12.8 Å². The van der Waals surface area contributed by atoms with Gasteiger partial charge in [0.25, 0.3) is 0 Å². The Bertz CT molecular complexity index is 522. The molecule has 0 radical (unpaired) electrons. The Balaban J connectivity index is 2.38. The van der Waals surface area contributed by atoms with Gasteiger partial charge in [0.2, 0.25) is 15.9 Å². The standard InChI is InChI=1S/C9H14N2O4S/c12-8-6-11(9(13)10-8)16(14,15)7-4-2-1-3-5-7/h6-7,12H,1-5H2,(H,10,13). The van der Waals surface area contributed by atoms with Crippen LogP contribution in [0, 0.1) is 0 Å². The molecule has 2 rings (SSSR count). The van der Waals surface area contributed by atoms with Gasteiger partial charge in [-0.15, -0.1) is 0 Å². The molecule has 0 aromatic carbocycles. The highest BCUT2D eigenvalue weighted by Gasteiger charge is 2.30. The molecule has 0 aliphatic heterocycles. The van der Waals surface area contributed by atoms with Crippen LogP contribution in [0.2, 0.25) is 0 Å². The lowest BCUT2D eigenvalue weighted by molar-refractivity contribution is 0.455. The van der Waals surface area contributed by atoms with Crippen molar-refractivity contribution in [2.45, 2.75) is 37.4 Å². The van der Waals surface area contributed by atoms with Crippen LogP contribution < -0.4 is 5.69 Å². The Hall–Kier alpha value is -1.24. The molecule has 1 fully saturated rings. The van der Waals surface area contributed by atoms with Crippen LogP contribution in [0.5, 0.6) is 5.88 Å². The van der Waals surface area contributed by atoms with E-state index >= 15 is 0 Å². The summed E-state index contributed by atoms with van der Waals surface area (Å²) in [6.07, 6.45) is 4.87. The van der Waals surface area contributed by atoms with E-state index in [2.05, 4.69) is 0 Å². The Kier molecular flexibility index (Phi) is 2.79. The van der Waals surface area contributed by atoms with Crippen LogP contribution in [0.15, 0.2) is 11.0 Å². The van der Waals surface area contributed by atoms with Crippen molar-refractivity contribution in [2.24, 2.45) is 0 Å². The summed E-state index contributed by atoms with van der Waals surface area (Å²) in [7, 11) is -3.66. The highest BCUT2D eigenvalue weighted by Crippen LogP contribution is 2.24. The number of hydrogen-bond acceptors (Lipinski definition) is 4. The molecule has 0 saturated heterocycles. The number of aromatic amines is 1. The number of rotatable bonds is 2. The largest absolute Gasteiger partial charge is 0.493 e. The maximum atomic E-state index is 12.1. The number of aromatic nitrogens is 2. The molecule has 16 heavy (non-hydrogen) atoms. The van der Waals surface area contributed by atoms with E-state index in [4.69, 9.17) is 5.11 Å². The Morgan fingerprint density at radius 2 is 1.94 bits per heavy atom. The molecule has 2 N–H and O–H groups in total. The van der Waals surface area contributed by atoms with E-state index in [0.717, 1.165) is 25.5 Å². The molecule has 0 unspecified atom stereocenters. The molecule has 90 valence electrons. The highest BCUT2D eigenvalue weighted by molar-refractivity contribution is 7.90. The zero-order chi connectivity index (χ0) is 11.8. The molecule has 1 aliphatic carbocycles. The summed E-state index contributed by atoms with van der Waals surface area (Å²) in [4.78, 5) is 13.3. The molecular formula is C9H14N2O4S. The number of nitrogens with one attached hydrogen (secondary N) is 1. The van der Waals surface area contributed by atoms with Gasteiger partial charge in [-0.2, -0.15) is 3.97 Å². The fraction of sp³-hybridized carbons (Fsp3) is 0.667. The average molecular weight is 246 g/mol. The van der Waals surface area contributed by atoms with Crippen molar-refractivity contribution in [3.63, 3.8) is 0 Å². The predicted molar refractivity (Wildman–Crippen MR) is 57.9 cm³/mol. The molecule has 0 bridgehead atoms. The molecule has 1 aromatic rings. The lowest BCUT2D eigenvalue weighted by Crippen LogP contribution is -2.34. The van der Waals surface area contributed by atoms with Crippen LogP contribution in [0.1, 0.15) is 32.1 Å². The predicted octanol–water partition coefficient (Wildman–Crippen LogP) is 0.393. The normalized spacial score (nSPS) is 18.8. The van der Waals surface area contributed by atoms with Crippen molar-refractivity contribution >= 4 is 10.0 Å². The van der Waals surface area contributed by atoms with Crippen LogP contribution in [0.4, 0.5) is 0 Å². The number of hydrogen-bond donors (Lipinski definition) is 2. The van der Waals surface area contributed by atoms with Crippen LogP contribution in [0.25, 0.3) is 0 Å². The molecular weight excluding hydrogens is 232 g/mol. The van der Waals surface area contributed by atoms with E-state index in [1.54, 1.807) is 0 Å². The number of aromatic hydroxyl groups is 1. The fourth-order valence-electron chi connectivity index (χ4n) is 2.08. The lowest BCUT2D eigenvalue weighted by Gasteiger charge is -2.21. The second kappa shape index (κ2) is 3.97. The van der Waals surface area contributed by atoms with Crippen molar-refractivity contribution in [3.8, 4) is 5.88 Å². The molecule has 0 atom stereocenters. The first-order valence-corrected chi connectivity index (χ1v) is 6.77. The van der Waals surface area contributed by atoms with Crippen LogP contribution in [-0.2, 0) is 10.0 Å².